The van der Waals surface area contributed by atoms with Crippen molar-refractivity contribution in [1.29, 1.82) is 0 Å². The van der Waals surface area contributed by atoms with Crippen molar-refractivity contribution in [3.63, 3.8) is 0 Å². The number of hydrogen-bond acceptors (Lipinski definition) is 3. The van der Waals surface area contributed by atoms with Crippen LogP contribution in [0.4, 0.5) is 0 Å². The van der Waals surface area contributed by atoms with Crippen LogP contribution in [0.2, 0.25) is 0 Å². The fraction of sp³-hybridized carbons (Fsp3) is 0.462. The van der Waals surface area contributed by atoms with Crippen LogP contribution in [0, 0.1) is 0 Å². The Morgan fingerprint density at radius 3 is 2.53 bits per heavy atom. The van der Waals surface area contributed by atoms with E-state index >= 15 is 0 Å². The third-order valence-electron chi connectivity index (χ3n) is 2.16. The van der Waals surface area contributed by atoms with Gasteiger partial charge in [-0.05, 0) is 31.0 Å². The Hall–Kier alpha value is -0.670. The van der Waals surface area contributed by atoms with Crippen LogP contribution >= 0.6 is 23.4 Å². The van der Waals surface area contributed by atoms with E-state index in [-0.39, 0.29) is 10.7 Å². The molecule has 1 aromatic carbocycles. The highest BCUT2D eigenvalue weighted by atomic mass is 35.5. The predicted molar refractivity (Wildman–Crippen MR) is 72.6 cm³/mol. The molecule has 0 aliphatic heterocycles. The van der Waals surface area contributed by atoms with E-state index in [4.69, 9.17) is 16.3 Å². The lowest BCUT2D eigenvalue weighted by Crippen LogP contribution is -2.07. The summed E-state index contributed by atoms with van der Waals surface area (Å²) in [4.78, 5) is 12.4. The first-order chi connectivity index (χ1) is 8.15. The second kappa shape index (κ2) is 7.62. The third kappa shape index (κ3) is 5.46. The van der Waals surface area contributed by atoms with Crippen molar-refractivity contribution < 1.29 is 9.53 Å². The summed E-state index contributed by atoms with van der Waals surface area (Å²) in [7, 11) is 0. The number of carbonyl (C=O) groups is 1. The van der Waals surface area contributed by atoms with Gasteiger partial charge in [0.05, 0.1) is 17.7 Å². The van der Waals surface area contributed by atoms with Crippen LogP contribution in [0.3, 0.4) is 0 Å². The fourth-order valence-electron chi connectivity index (χ4n) is 1.30. The molecule has 17 heavy (non-hydrogen) atoms. The monoisotopic (exact) mass is 272 g/mol. The lowest BCUT2D eigenvalue weighted by atomic mass is 10.1. The molecule has 0 saturated heterocycles. The van der Waals surface area contributed by atoms with Crippen LogP contribution in [0.5, 0.6) is 0 Å². The van der Waals surface area contributed by atoms with Crippen molar-refractivity contribution >= 4 is 29.3 Å². The van der Waals surface area contributed by atoms with E-state index in [9.17, 15) is 4.79 Å². The largest absolute Gasteiger partial charge is 0.466 e. The van der Waals surface area contributed by atoms with Crippen LogP contribution in [0.25, 0.3) is 0 Å². The zero-order valence-corrected chi connectivity index (χ0v) is 11.7. The molecule has 0 radical (unpaired) electrons. The number of rotatable bonds is 6. The molecule has 0 amide bonds. The summed E-state index contributed by atoms with van der Waals surface area (Å²) in [6.07, 6.45) is 1.26. The van der Waals surface area contributed by atoms with E-state index in [0.717, 1.165) is 16.9 Å². The Labute approximate surface area is 112 Å². The summed E-state index contributed by atoms with van der Waals surface area (Å²) in [5.74, 6) is -0.184. The van der Waals surface area contributed by atoms with Crippen molar-refractivity contribution in [1.82, 2.24) is 0 Å². The number of thioether (sulfide) groups is 1. The van der Waals surface area contributed by atoms with E-state index in [1.165, 1.54) is 0 Å². The summed E-state index contributed by atoms with van der Waals surface area (Å²) in [6, 6.07) is 7.87. The van der Waals surface area contributed by atoms with Gasteiger partial charge in [0.15, 0.2) is 0 Å². The van der Waals surface area contributed by atoms with E-state index in [0.29, 0.717) is 13.0 Å². The molecule has 0 saturated carbocycles. The van der Waals surface area contributed by atoms with Gasteiger partial charge in [0, 0.05) is 4.90 Å². The average molecular weight is 273 g/mol. The molecule has 0 spiro atoms. The number of hydrogen-bond donors (Lipinski definition) is 0. The molecular weight excluding hydrogens is 256 g/mol. The van der Waals surface area contributed by atoms with Crippen LogP contribution in [-0.4, -0.2) is 17.3 Å². The molecule has 0 aliphatic carbocycles. The summed E-state index contributed by atoms with van der Waals surface area (Å²) >= 11 is 7.68. The van der Waals surface area contributed by atoms with Gasteiger partial charge in [-0.2, -0.15) is 0 Å². The first-order valence-corrected chi connectivity index (χ1v) is 7.02. The number of esters is 1. The van der Waals surface area contributed by atoms with Crippen LogP contribution in [-0.2, 0) is 16.0 Å². The summed E-state index contributed by atoms with van der Waals surface area (Å²) in [5, 5.41) is 0. The van der Waals surface area contributed by atoms with Gasteiger partial charge >= 0.3 is 5.97 Å². The molecular formula is C13H17ClO2S. The maximum Gasteiger partial charge on any atom is 0.310 e. The van der Waals surface area contributed by atoms with Gasteiger partial charge in [-0.3, -0.25) is 4.79 Å². The SMILES string of the molecule is CCOC(=O)Cc1ccc(SC(Cl)CC)cc1. The molecule has 2 nitrogen and oxygen atoms in total. The molecule has 94 valence electrons. The second-order valence-electron chi connectivity index (χ2n) is 3.56. The minimum atomic E-state index is -0.184. The summed E-state index contributed by atoms with van der Waals surface area (Å²) in [6.45, 7) is 4.29. The van der Waals surface area contributed by atoms with E-state index in [1.54, 1.807) is 11.8 Å². The zero-order valence-electron chi connectivity index (χ0n) is 10.1. The van der Waals surface area contributed by atoms with Crippen molar-refractivity contribution in [3.8, 4) is 0 Å². The van der Waals surface area contributed by atoms with Crippen LogP contribution < -0.4 is 0 Å². The molecule has 0 N–H and O–H groups in total. The van der Waals surface area contributed by atoms with Crippen LogP contribution in [0.1, 0.15) is 25.8 Å². The van der Waals surface area contributed by atoms with Gasteiger partial charge in [0.2, 0.25) is 0 Å². The summed E-state index contributed by atoms with van der Waals surface area (Å²) in [5.41, 5.74) is 0.968. The molecule has 0 fully saturated rings. The highest BCUT2D eigenvalue weighted by Crippen LogP contribution is 2.27. The Morgan fingerprint density at radius 1 is 1.35 bits per heavy atom. The maximum absolute atomic E-state index is 11.3. The summed E-state index contributed by atoms with van der Waals surface area (Å²) < 4.78 is 5.00. The Bertz CT molecular complexity index is 351. The molecule has 0 aromatic heterocycles. The highest BCUT2D eigenvalue weighted by Gasteiger charge is 2.06. The smallest absolute Gasteiger partial charge is 0.310 e. The molecule has 0 heterocycles. The van der Waals surface area contributed by atoms with Gasteiger partial charge in [-0.25, -0.2) is 0 Å². The van der Waals surface area contributed by atoms with Crippen LogP contribution in [0.15, 0.2) is 29.2 Å². The molecule has 1 unspecified atom stereocenters. The number of benzene rings is 1. The van der Waals surface area contributed by atoms with Crippen molar-refractivity contribution in [2.75, 3.05) is 6.61 Å². The molecule has 1 rings (SSSR count). The number of alkyl halides is 1. The first kappa shape index (κ1) is 14.4. The van der Waals surface area contributed by atoms with Crippen molar-refractivity contribution in [3.05, 3.63) is 29.8 Å². The van der Waals surface area contributed by atoms with E-state index in [2.05, 4.69) is 6.92 Å². The molecule has 1 atom stereocenters. The van der Waals surface area contributed by atoms with Crippen molar-refractivity contribution in [2.24, 2.45) is 0 Å². The molecule has 1 aromatic rings. The maximum atomic E-state index is 11.3. The van der Waals surface area contributed by atoms with Gasteiger partial charge in [-0.15, -0.1) is 23.4 Å². The standard InChI is InChI=1S/C13H17ClO2S/c1-3-12(14)17-11-7-5-10(6-8-11)9-13(15)16-4-2/h5-8,12H,3-4,9H2,1-2H3. The normalized spacial score (nSPS) is 12.2. The van der Waals surface area contributed by atoms with Crippen molar-refractivity contribution in [2.45, 2.75) is 36.3 Å². The van der Waals surface area contributed by atoms with Gasteiger partial charge in [0.25, 0.3) is 0 Å². The van der Waals surface area contributed by atoms with Gasteiger partial charge < -0.3 is 4.74 Å². The number of ether oxygens (including phenoxy) is 1. The highest BCUT2D eigenvalue weighted by molar-refractivity contribution is 8.01. The molecule has 0 aliphatic rings. The van der Waals surface area contributed by atoms with Gasteiger partial charge in [0.1, 0.15) is 0 Å². The third-order valence-corrected chi connectivity index (χ3v) is 3.87. The number of carbonyl (C=O) groups excluding carboxylic acids is 1. The lowest BCUT2D eigenvalue weighted by Gasteiger charge is -2.07. The minimum Gasteiger partial charge on any atom is -0.466 e. The van der Waals surface area contributed by atoms with E-state index < -0.39 is 0 Å². The molecule has 0 bridgehead atoms. The Balaban J connectivity index is 2.52. The lowest BCUT2D eigenvalue weighted by molar-refractivity contribution is -0.142. The topological polar surface area (TPSA) is 26.3 Å². The Kier molecular flexibility index (Phi) is 6.45. The predicted octanol–water partition coefficient (Wildman–Crippen LogP) is 3.86. The van der Waals surface area contributed by atoms with Gasteiger partial charge in [-0.1, -0.05) is 19.1 Å². The first-order valence-electron chi connectivity index (χ1n) is 5.71. The second-order valence-corrected chi connectivity index (χ2v) is 5.62. The zero-order chi connectivity index (χ0) is 12.7. The fourth-order valence-corrected chi connectivity index (χ4v) is 2.36. The number of halogens is 1. The quantitative estimate of drug-likeness (QED) is 0.447. The minimum absolute atomic E-state index is 0.103. The van der Waals surface area contributed by atoms with E-state index in [1.807, 2.05) is 31.2 Å². The average Bonchev–Trinajstić information content (AvgIpc) is 2.32. The molecule has 4 heteroatoms. The Morgan fingerprint density at radius 2 is 2.00 bits per heavy atom.